The molecule has 0 spiro atoms. The predicted molar refractivity (Wildman–Crippen MR) is 115 cm³/mol. The number of tetrazole rings is 1. The van der Waals surface area contributed by atoms with Crippen LogP contribution in [0.4, 0.5) is 0 Å². The molecular weight excluding hydrogens is 378 g/mol. The van der Waals surface area contributed by atoms with E-state index in [2.05, 4.69) is 28.4 Å². The van der Waals surface area contributed by atoms with Crippen molar-refractivity contribution >= 4 is 16.9 Å². The van der Waals surface area contributed by atoms with Gasteiger partial charge < -0.3 is 9.67 Å². The van der Waals surface area contributed by atoms with Crippen LogP contribution in [0.15, 0.2) is 73.2 Å². The summed E-state index contributed by atoms with van der Waals surface area (Å²) in [5, 5.41) is 22.7. The van der Waals surface area contributed by atoms with E-state index in [0.29, 0.717) is 0 Å². The Morgan fingerprint density at radius 2 is 2.07 bits per heavy atom. The molecule has 7 heteroatoms. The molecule has 0 bridgehead atoms. The van der Waals surface area contributed by atoms with Crippen LogP contribution >= 0.6 is 0 Å². The standard InChI is InChI=1S/C23H23N5O2/c1-2-3-4-5-10-22(23(29)30)27-14-13-18-15-17(11-12-20(18)27)19-8-6-7-9-21(19)28-25-16-24-26-28/h5-16,22H,2-4H2,1H3,(H,29,30). The van der Waals surface area contributed by atoms with E-state index < -0.39 is 12.0 Å². The molecule has 4 rings (SSSR count). The van der Waals surface area contributed by atoms with Crippen molar-refractivity contribution in [1.82, 2.24) is 24.8 Å². The molecule has 0 aliphatic carbocycles. The van der Waals surface area contributed by atoms with Crippen molar-refractivity contribution in [1.29, 1.82) is 0 Å². The Bertz CT molecular complexity index is 1180. The lowest BCUT2D eigenvalue weighted by Crippen LogP contribution is -2.15. The first-order valence-corrected chi connectivity index (χ1v) is 10.0. The zero-order valence-corrected chi connectivity index (χ0v) is 16.7. The highest BCUT2D eigenvalue weighted by Crippen LogP contribution is 2.30. The molecule has 4 aromatic rings. The number of hydrogen-bond acceptors (Lipinski definition) is 4. The molecule has 152 valence electrons. The summed E-state index contributed by atoms with van der Waals surface area (Å²) in [7, 11) is 0. The van der Waals surface area contributed by atoms with E-state index in [4.69, 9.17) is 0 Å². The van der Waals surface area contributed by atoms with Gasteiger partial charge in [-0.15, -0.1) is 15.0 Å². The molecule has 1 unspecified atom stereocenters. The van der Waals surface area contributed by atoms with Gasteiger partial charge in [0.2, 0.25) is 0 Å². The topological polar surface area (TPSA) is 85.8 Å². The molecule has 0 radical (unpaired) electrons. The number of unbranched alkanes of at least 4 members (excludes halogenated alkanes) is 2. The summed E-state index contributed by atoms with van der Waals surface area (Å²) in [5.74, 6) is -0.869. The van der Waals surface area contributed by atoms with E-state index in [1.807, 2.05) is 54.7 Å². The largest absolute Gasteiger partial charge is 0.479 e. The SMILES string of the molecule is CCCCC=CC(C(=O)O)n1ccc2cc(-c3ccccc3-n3ncnn3)ccc21. The van der Waals surface area contributed by atoms with Gasteiger partial charge in [-0.05, 0) is 41.5 Å². The number of allylic oxidation sites excluding steroid dienone is 1. The van der Waals surface area contributed by atoms with Gasteiger partial charge in [-0.1, -0.05) is 56.2 Å². The Hall–Kier alpha value is -3.74. The molecule has 0 saturated carbocycles. The van der Waals surface area contributed by atoms with Crippen LogP contribution in [-0.2, 0) is 4.79 Å². The van der Waals surface area contributed by atoms with E-state index in [9.17, 15) is 9.90 Å². The molecule has 1 atom stereocenters. The van der Waals surface area contributed by atoms with Gasteiger partial charge in [0, 0.05) is 22.7 Å². The van der Waals surface area contributed by atoms with E-state index in [0.717, 1.165) is 47.0 Å². The van der Waals surface area contributed by atoms with Crippen molar-refractivity contribution in [2.75, 3.05) is 0 Å². The van der Waals surface area contributed by atoms with E-state index >= 15 is 0 Å². The van der Waals surface area contributed by atoms with Gasteiger partial charge in [-0.25, -0.2) is 4.79 Å². The second-order valence-electron chi connectivity index (χ2n) is 7.09. The van der Waals surface area contributed by atoms with Crippen LogP contribution in [0.5, 0.6) is 0 Å². The number of fused-ring (bicyclic) bond motifs is 1. The van der Waals surface area contributed by atoms with Crippen LogP contribution < -0.4 is 0 Å². The maximum absolute atomic E-state index is 11.9. The molecule has 7 nitrogen and oxygen atoms in total. The van der Waals surface area contributed by atoms with Crippen LogP contribution in [0.25, 0.3) is 27.7 Å². The second-order valence-corrected chi connectivity index (χ2v) is 7.09. The van der Waals surface area contributed by atoms with Gasteiger partial charge in [0.1, 0.15) is 6.04 Å². The third kappa shape index (κ3) is 3.87. The first kappa shape index (κ1) is 19.6. The average molecular weight is 401 g/mol. The van der Waals surface area contributed by atoms with Crippen molar-refractivity contribution < 1.29 is 9.90 Å². The monoisotopic (exact) mass is 401 g/mol. The zero-order chi connectivity index (χ0) is 20.9. The van der Waals surface area contributed by atoms with Gasteiger partial charge in [-0.2, -0.15) is 0 Å². The average Bonchev–Trinajstić information content (AvgIpc) is 3.43. The number of aromatic nitrogens is 5. The van der Waals surface area contributed by atoms with E-state index in [-0.39, 0.29) is 0 Å². The Balaban J connectivity index is 1.71. The number of carbonyl (C=O) groups is 1. The third-order valence-electron chi connectivity index (χ3n) is 5.10. The van der Waals surface area contributed by atoms with Gasteiger partial charge in [-0.3, -0.25) is 0 Å². The molecule has 0 amide bonds. The Kier molecular flexibility index (Phi) is 5.70. The lowest BCUT2D eigenvalue weighted by molar-refractivity contribution is -0.139. The van der Waals surface area contributed by atoms with Crippen molar-refractivity contribution in [2.45, 2.75) is 32.2 Å². The van der Waals surface area contributed by atoms with Gasteiger partial charge in [0.15, 0.2) is 6.33 Å². The molecule has 2 aromatic heterocycles. The predicted octanol–water partition coefficient (Wildman–Crippen LogP) is 4.66. The van der Waals surface area contributed by atoms with Crippen molar-refractivity contribution in [3.63, 3.8) is 0 Å². The minimum atomic E-state index is -0.869. The molecule has 0 aliphatic heterocycles. The number of para-hydroxylation sites is 1. The van der Waals surface area contributed by atoms with Gasteiger partial charge >= 0.3 is 5.97 Å². The highest BCUT2D eigenvalue weighted by atomic mass is 16.4. The minimum absolute atomic E-state index is 0.725. The molecule has 0 fully saturated rings. The fraction of sp³-hybridized carbons (Fsp3) is 0.217. The smallest absolute Gasteiger partial charge is 0.330 e. The number of carboxylic acid groups (broad SMARTS) is 1. The molecule has 0 aliphatic rings. The fourth-order valence-corrected chi connectivity index (χ4v) is 3.58. The first-order valence-electron chi connectivity index (χ1n) is 10.0. The molecule has 30 heavy (non-hydrogen) atoms. The number of benzene rings is 2. The van der Waals surface area contributed by atoms with E-state index in [1.54, 1.807) is 10.6 Å². The van der Waals surface area contributed by atoms with Crippen LogP contribution in [-0.4, -0.2) is 35.9 Å². The summed E-state index contributed by atoms with van der Waals surface area (Å²) in [6, 6.07) is 15.1. The Morgan fingerprint density at radius 3 is 2.83 bits per heavy atom. The molecule has 2 aromatic carbocycles. The number of nitrogens with zero attached hydrogens (tertiary/aromatic N) is 5. The summed E-state index contributed by atoms with van der Waals surface area (Å²) in [4.78, 5) is 13.4. The maximum Gasteiger partial charge on any atom is 0.330 e. The van der Waals surface area contributed by atoms with Crippen LogP contribution in [0.2, 0.25) is 0 Å². The fourth-order valence-electron chi connectivity index (χ4n) is 3.58. The molecule has 1 N–H and O–H groups in total. The highest BCUT2D eigenvalue weighted by molar-refractivity contribution is 5.89. The minimum Gasteiger partial charge on any atom is -0.479 e. The quantitative estimate of drug-likeness (QED) is 0.343. The van der Waals surface area contributed by atoms with Crippen LogP contribution in [0.1, 0.15) is 32.2 Å². The summed E-state index contributed by atoms with van der Waals surface area (Å²) >= 11 is 0. The lowest BCUT2D eigenvalue weighted by Gasteiger charge is -2.13. The van der Waals surface area contributed by atoms with E-state index in [1.165, 1.54) is 11.1 Å². The summed E-state index contributed by atoms with van der Waals surface area (Å²) in [6.45, 7) is 2.12. The summed E-state index contributed by atoms with van der Waals surface area (Å²) in [6.07, 6.45) is 10.0. The van der Waals surface area contributed by atoms with Crippen LogP contribution in [0.3, 0.4) is 0 Å². The number of rotatable bonds is 8. The lowest BCUT2D eigenvalue weighted by atomic mass is 10.0. The Labute approximate surface area is 174 Å². The van der Waals surface area contributed by atoms with Crippen LogP contribution in [0, 0.1) is 0 Å². The highest BCUT2D eigenvalue weighted by Gasteiger charge is 2.18. The number of carboxylic acids is 1. The summed E-state index contributed by atoms with van der Waals surface area (Å²) < 4.78 is 1.80. The Morgan fingerprint density at radius 1 is 1.20 bits per heavy atom. The van der Waals surface area contributed by atoms with Gasteiger partial charge in [0.25, 0.3) is 0 Å². The van der Waals surface area contributed by atoms with Gasteiger partial charge in [0.05, 0.1) is 5.69 Å². The third-order valence-corrected chi connectivity index (χ3v) is 5.10. The first-order chi connectivity index (χ1) is 14.7. The second kappa shape index (κ2) is 8.73. The van der Waals surface area contributed by atoms with Crippen molar-refractivity contribution in [2.24, 2.45) is 0 Å². The van der Waals surface area contributed by atoms with Crippen molar-refractivity contribution in [3.05, 3.63) is 73.2 Å². The summed E-state index contributed by atoms with van der Waals surface area (Å²) in [5.41, 5.74) is 3.68. The number of hydrogen-bond donors (Lipinski definition) is 1. The molecule has 0 saturated heterocycles. The number of aliphatic carboxylic acids is 1. The normalized spacial score (nSPS) is 12.6. The maximum atomic E-state index is 11.9. The van der Waals surface area contributed by atoms with Crippen molar-refractivity contribution in [3.8, 4) is 16.8 Å². The molecule has 2 heterocycles. The molecular formula is C23H23N5O2. The zero-order valence-electron chi connectivity index (χ0n) is 16.7.